The summed E-state index contributed by atoms with van der Waals surface area (Å²) in [6.07, 6.45) is 4.02. The first-order valence-corrected chi connectivity index (χ1v) is 12.4. The Labute approximate surface area is 127 Å². The van der Waals surface area contributed by atoms with Gasteiger partial charge in [0.05, 0.1) is 0 Å². The van der Waals surface area contributed by atoms with Crippen LogP contribution in [0.5, 0.6) is 0 Å². The summed E-state index contributed by atoms with van der Waals surface area (Å²) in [5.41, 5.74) is 0. The fourth-order valence-corrected chi connectivity index (χ4v) is 5.14. The zero-order valence-corrected chi connectivity index (χ0v) is 16.0. The number of hydrogen-bond donors (Lipinski definition) is 0. The van der Waals surface area contributed by atoms with Crippen LogP contribution in [0.25, 0.3) is 0 Å². The molecule has 0 radical (unpaired) electrons. The smallest absolute Gasteiger partial charge is 0.373 e. The van der Waals surface area contributed by atoms with E-state index in [9.17, 15) is 0 Å². The summed E-state index contributed by atoms with van der Waals surface area (Å²) in [5, 5.41) is 0. The molecule has 0 bridgehead atoms. The topological polar surface area (TPSA) is 40.0 Å². The first kappa shape index (κ1) is 20.1. The molecule has 120 valence electrons. The van der Waals surface area contributed by atoms with E-state index in [0.717, 1.165) is 58.1 Å². The van der Waals surface area contributed by atoms with Crippen LogP contribution in [-0.4, -0.2) is 43.8 Å². The van der Waals surface area contributed by atoms with Crippen molar-refractivity contribution in [3.05, 3.63) is 0 Å². The van der Waals surface area contributed by atoms with E-state index in [0.29, 0.717) is 0 Å². The van der Waals surface area contributed by atoms with Crippen molar-refractivity contribution in [3.63, 3.8) is 0 Å². The van der Waals surface area contributed by atoms with Gasteiger partial charge in [-0.1, -0.05) is 20.8 Å². The van der Waals surface area contributed by atoms with E-state index in [1.54, 1.807) is 0 Å². The molecule has 0 unspecified atom stereocenters. The van der Waals surface area contributed by atoms with Gasteiger partial charge in [-0.25, -0.2) is 0 Å². The Morgan fingerprint density at radius 1 is 0.850 bits per heavy atom. The zero-order valence-electron chi connectivity index (χ0n) is 14.0. The maximum atomic E-state index is 6.05. The molecule has 0 aliphatic carbocycles. The van der Waals surface area contributed by atoms with Gasteiger partial charge in [0.2, 0.25) is 0 Å². The Balaban J connectivity index is 4.53. The van der Waals surface area contributed by atoms with Crippen LogP contribution in [-0.2, 0) is 13.3 Å². The van der Waals surface area contributed by atoms with Gasteiger partial charge in [-0.15, -0.1) is 0 Å². The Bertz CT molecular complexity index is 237. The van der Waals surface area contributed by atoms with Crippen LogP contribution in [0.4, 0.5) is 0 Å². The maximum Gasteiger partial charge on any atom is 0.501 e. The number of hydrogen-bond acceptors (Lipinski definition) is 4. The average molecular weight is 320 g/mol. The third-order valence-corrected chi connectivity index (χ3v) is 6.40. The average Bonchev–Trinajstić information content (AvgIpc) is 2.44. The van der Waals surface area contributed by atoms with Gasteiger partial charge in [0.15, 0.2) is 0 Å². The highest BCUT2D eigenvalue weighted by atomic mass is 28.4. The highest BCUT2D eigenvalue weighted by molar-refractivity contribution is 6.60. The van der Waals surface area contributed by atoms with Gasteiger partial charge in [-0.05, 0) is 38.8 Å². The molecule has 20 heavy (non-hydrogen) atoms. The molecule has 0 aromatic rings. The summed E-state index contributed by atoms with van der Waals surface area (Å²) in [4.78, 5) is 0. The zero-order chi connectivity index (χ0) is 15.3. The van der Waals surface area contributed by atoms with Gasteiger partial charge in [-0.3, -0.25) is 0 Å². The molecule has 0 rings (SSSR count). The molecule has 0 saturated heterocycles. The summed E-state index contributed by atoms with van der Waals surface area (Å²) in [6, 6.07) is 0.894. The molecule has 0 fully saturated rings. The second-order valence-corrected chi connectivity index (χ2v) is 10.1. The molecule has 0 N–H and O–H groups in total. The summed E-state index contributed by atoms with van der Waals surface area (Å²) < 4.78 is 22.8. The summed E-state index contributed by atoms with van der Waals surface area (Å²) in [6.45, 7) is 13.9. The lowest BCUT2D eigenvalue weighted by Crippen LogP contribution is -2.46. The second kappa shape index (κ2) is 12.8. The number of nitrogens with zero attached hydrogens (tertiary/aromatic N) is 1. The molecule has 6 heteroatoms. The molecule has 0 aromatic carbocycles. The second-order valence-electron chi connectivity index (χ2n) is 5.16. The third-order valence-electron chi connectivity index (χ3n) is 2.65. The fraction of sp³-hybridized carbons (Fsp3) is 1.00. The van der Waals surface area contributed by atoms with Crippen molar-refractivity contribution in [2.75, 3.05) is 26.4 Å². The lowest BCUT2D eigenvalue weighted by molar-refractivity contribution is 0.0589. The summed E-state index contributed by atoms with van der Waals surface area (Å²) in [7, 11) is -2.96. The predicted octanol–water partition coefficient (Wildman–Crippen LogP) is 4.11. The lowest BCUT2D eigenvalue weighted by atomic mass is 10.5. The van der Waals surface area contributed by atoms with Crippen LogP contribution in [0.15, 0.2) is 4.63 Å². The van der Waals surface area contributed by atoms with Crippen molar-refractivity contribution >= 4 is 17.4 Å². The molecule has 0 aliphatic rings. The summed E-state index contributed by atoms with van der Waals surface area (Å²) in [5.74, 6) is 0. The van der Waals surface area contributed by atoms with E-state index in [-0.39, 0.29) is 0 Å². The molecule has 0 spiro atoms. The highest BCUT2D eigenvalue weighted by Gasteiger charge is 2.40. The molecule has 4 nitrogen and oxygen atoms in total. The Morgan fingerprint density at radius 3 is 1.65 bits per heavy atom. The lowest BCUT2D eigenvalue weighted by Gasteiger charge is -2.29. The van der Waals surface area contributed by atoms with E-state index in [2.05, 4.69) is 38.5 Å². The van der Waals surface area contributed by atoms with E-state index in [4.69, 9.17) is 13.3 Å². The minimum atomic E-state index is -2.48. The van der Waals surface area contributed by atoms with Crippen LogP contribution < -0.4 is 0 Å². The molecular weight excluding hydrogens is 286 g/mol. The third kappa shape index (κ3) is 9.93. The van der Waals surface area contributed by atoms with Crippen LogP contribution in [0.1, 0.15) is 46.5 Å². The van der Waals surface area contributed by atoms with Gasteiger partial charge in [0.1, 0.15) is 8.59 Å². The first-order chi connectivity index (χ1) is 9.60. The van der Waals surface area contributed by atoms with Crippen molar-refractivity contribution < 1.29 is 13.3 Å². The minimum Gasteiger partial charge on any atom is -0.373 e. The molecule has 0 amide bonds. The SMILES string of the molecule is CCCO[Si](CCCN=[Si](C)C)(OCCC)OCCC. The quantitative estimate of drug-likeness (QED) is 0.379. The fourth-order valence-electron chi connectivity index (χ4n) is 1.71. The van der Waals surface area contributed by atoms with Crippen molar-refractivity contribution in [3.8, 4) is 0 Å². The van der Waals surface area contributed by atoms with Gasteiger partial charge >= 0.3 is 8.80 Å². The molecule has 0 heterocycles. The van der Waals surface area contributed by atoms with Gasteiger partial charge in [-0.2, -0.15) is 0 Å². The van der Waals surface area contributed by atoms with E-state index >= 15 is 0 Å². The molecule has 0 aliphatic heterocycles. The predicted molar refractivity (Wildman–Crippen MR) is 88.7 cm³/mol. The first-order valence-electron chi connectivity index (χ1n) is 7.99. The van der Waals surface area contributed by atoms with Crippen molar-refractivity contribution in [1.29, 1.82) is 0 Å². The maximum absolute atomic E-state index is 6.05. The van der Waals surface area contributed by atoms with Crippen molar-refractivity contribution in [2.45, 2.75) is 65.6 Å². The molecular formula is C14H33NO3Si2. The van der Waals surface area contributed by atoms with Gasteiger partial charge in [0, 0.05) is 32.4 Å². The molecule has 0 aromatic heterocycles. The standard InChI is InChI=1S/C14H33NO3Si2/c1-6-11-16-20(17-12-7-2,18-13-8-3)14-9-10-15-19(4)5/h6-14H2,1-5H3. The van der Waals surface area contributed by atoms with Gasteiger partial charge < -0.3 is 17.9 Å². The molecule has 0 saturated carbocycles. The Kier molecular flexibility index (Phi) is 12.9. The monoisotopic (exact) mass is 319 g/mol. The van der Waals surface area contributed by atoms with Crippen LogP contribution in [0, 0.1) is 0 Å². The normalized spacial score (nSPS) is 11.7. The van der Waals surface area contributed by atoms with Crippen LogP contribution in [0.2, 0.25) is 19.1 Å². The van der Waals surface area contributed by atoms with Crippen LogP contribution >= 0.6 is 0 Å². The van der Waals surface area contributed by atoms with E-state index in [1.807, 2.05) is 0 Å². The van der Waals surface area contributed by atoms with Crippen molar-refractivity contribution in [1.82, 2.24) is 0 Å². The van der Waals surface area contributed by atoms with Gasteiger partial charge in [0.25, 0.3) is 0 Å². The largest absolute Gasteiger partial charge is 0.501 e. The Morgan fingerprint density at radius 2 is 1.30 bits per heavy atom. The van der Waals surface area contributed by atoms with Crippen molar-refractivity contribution in [2.24, 2.45) is 4.63 Å². The Hall–Kier alpha value is 0.114. The van der Waals surface area contributed by atoms with E-state index < -0.39 is 17.4 Å². The molecule has 0 atom stereocenters. The van der Waals surface area contributed by atoms with E-state index in [1.165, 1.54) is 0 Å². The number of rotatable bonds is 13. The minimum absolute atomic E-state index is 0.484. The van der Waals surface area contributed by atoms with Crippen LogP contribution in [0.3, 0.4) is 0 Å². The highest BCUT2D eigenvalue weighted by Crippen LogP contribution is 2.19. The summed E-state index contributed by atoms with van der Waals surface area (Å²) >= 11 is 0.